The van der Waals surface area contributed by atoms with Gasteiger partial charge in [-0.2, -0.15) is 0 Å². The lowest BCUT2D eigenvalue weighted by molar-refractivity contribution is 0.0963. The first kappa shape index (κ1) is 24.6. The Balaban J connectivity index is 2.01. The molecule has 8 heteroatoms. The number of piperidine rings is 1. The average molecular weight is 435 g/mol. The van der Waals surface area contributed by atoms with Gasteiger partial charge in [0.2, 0.25) is 0 Å². The normalized spacial score (nSPS) is 15.4. The summed E-state index contributed by atoms with van der Waals surface area (Å²) in [5.74, 6) is 2.23. The van der Waals surface area contributed by atoms with Crippen molar-refractivity contribution in [3.8, 4) is 11.5 Å². The molecule has 1 amide bonds. The van der Waals surface area contributed by atoms with Crippen molar-refractivity contribution in [2.75, 3.05) is 47.0 Å². The number of guanidine groups is 1. The Morgan fingerprint density at radius 3 is 2.42 bits per heavy atom. The molecule has 1 fully saturated rings. The Morgan fingerprint density at radius 2 is 1.84 bits per heavy atom. The maximum atomic E-state index is 11.9. The Morgan fingerprint density at radius 1 is 1.16 bits per heavy atom. The molecule has 8 nitrogen and oxygen atoms in total. The molecule has 2 rings (SSSR count). The summed E-state index contributed by atoms with van der Waals surface area (Å²) in [5.41, 5.74) is 0.947. The van der Waals surface area contributed by atoms with Gasteiger partial charge >= 0.3 is 6.09 Å². The molecule has 0 bridgehead atoms. The summed E-state index contributed by atoms with van der Waals surface area (Å²) < 4.78 is 15.9. The number of carbonyl (C=O) groups is 1. The van der Waals surface area contributed by atoms with Gasteiger partial charge in [-0.25, -0.2) is 4.79 Å². The van der Waals surface area contributed by atoms with Crippen LogP contribution in [-0.4, -0.2) is 70.0 Å². The van der Waals surface area contributed by atoms with Gasteiger partial charge in [-0.1, -0.05) is 19.9 Å². The van der Waals surface area contributed by atoms with Crippen molar-refractivity contribution in [2.45, 2.75) is 52.0 Å². The van der Waals surface area contributed by atoms with Crippen molar-refractivity contribution in [1.29, 1.82) is 0 Å². The number of nitrogens with zero attached hydrogens (tertiary/aromatic N) is 2. The molecule has 0 aromatic heterocycles. The monoisotopic (exact) mass is 434 g/mol. The number of rotatable bonds is 8. The minimum atomic E-state index is -0.224. The number of methoxy groups -OCH3 is 2. The molecule has 31 heavy (non-hydrogen) atoms. The van der Waals surface area contributed by atoms with E-state index in [1.54, 1.807) is 19.1 Å². The Bertz CT molecular complexity index is 743. The molecule has 2 N–H and O–H groups in total. The molecule has 1 saturated heterocycles. The van der Waals surface area contributed by atoms with Crippen LogP contribution in [0.15, 0.2) is 23.2 Å². The molecule has 1 aromatic carbocycles. The SMILES string of the molecule is CCNC(=NCC(C)(C)c1ccc(OC)c(OC)c1)NC1CCN(C(=O)OCC)CC1. The van der Waals surface area contributed by atoms with E-state index in [-0.39, 0.29) is 17.6 Å². The second-order valence-corrected chi connectivity index (χ2v) is 8.25. The molecule has 174 valence electrons. The van der Waals surface area contributed by atoms with Crippen LogP contribution in [0, 0.1) is 0 Å². The summed E-state index contributed by atoms with van der Waals surface area (Å²) in [7, 11) is 3.28. The Kier molecular flexibility index (Phi) is 9.27. The second kappa shape index (κ2) is 11.7. The highest BCUT2D eigenvalue weighted by Gasteiger charge is 2.25. The van der Waals surface area contributed by atoms with E-state index in [0.29, 0.717) is 26.2 Å². The zero-order valence-corrected chi connectivity index (χ0v) is 19.8. The van der Waals surface area contributed by atoms with Crippen LogP contribution >= 0.6 is 0 Å². The lowest BCUT2D eigenvalue weighted by Crippen LogP contribution is -2.50. The van der Waals surface area contributed by atoms with Crippen LogP contribution < -0.4 is 20.1 Å². The fourth-order valence-electron chi connectivity index (χ4n) is 3.56. The summed E-state index contributed by atoms with van der Waals surface area (Å²) in [5, 5.41) is 6.87. The zero-order valence-electron chi connectivity index (χ0n) is 19.8. The number of hydrogen-bond acceptors (Lipinski definition) is 5. The molecule has 1 aliphatic heterocycles. The van der Waals surface area contributed by atoms with Crippen molar-refractivity contribution < 1.29 is 19.0 Å². The topological polar surface area (TPSA) is 84.4 Å². The van der Waals surface area contributed by atoms with Crippen LogP contribution in [0.5, 0.6) is 11.5 Å². The average Bonchev–Trinajstić information content (AvgIpc) is 2.77. The molecule has 0 saturated carbocycles. The van der Waals surface area contributed by atoms with E-state index in [9.17, 15) is 4.79 Å². The number of ether oxygens (including phenoxy) is 3. The highest BCUT2D eigenvalue weighted by Crippen LogP contribution is 2.33. The van der Waals surface area contributed by atoms with Crippen molar-refractivity contribution in [1.82, 2.24) is 15.5 Å². The summed E-state index contributed by atoms with van der Waals surface area (Å²) in [4.78, 5) is 18.5. The number of hydrogen-bond donors (Lipinski definition) is 2. The fourth-order valence-corrected chi connectivity index (χ4v) is 3.56. The predicted octanol–water partition coefficient (Wildman–Crippen LogP) is 3.16. The van der Waals surface area contributed by atoms with Crippen LogP contribution in [0.25, 0.3) is 0 Å². The largest absolute Gasteiger partial charge is 0.493 e. The molecule has 1 aliphatic rings. The van der Waals surface area contributed by atoms with Gasteiger partial charge in [0.05, 0.1) is 27.4 Å². The minimum absolute atomic E-state index is 0.185. The molecular weight excluding hydrogens is 396 g/mol. The Hall–Kier alpha value is -2.64. The first-order valence-electron chi connectivity index (χ1n) is 11.0. The van der Waals surface area contributed by atoms with Crippen molar-refractivity contribution in [3.63, 3.8) is 0 Å². The molecule has 0 unspecified atom stereocenters. The summed E-state index contributed by atoms with van der Waals surface area (Å²) >= 11 is 0. The van der Waals surface area contributed by atoms with Gasteiger partial charge in [0.1, 0.15) is 0 Å². The second-order valence-electron chi connectivity index (χ2n) is 8.25. The smallest absolute Gasteiger partial charge is 0.409 e. The van der Waals surface area contributed by atoms with E-state index in [4.69, 9.17) is 19.2 Å². The molecular formula is C23H38N4O4. The van der Waals surface area contributed by atoms with Crippen molar-refractivity contribution >= 4 is 12.1 Å². The van der Waals surface area contributed by atoms with Crippen molar-refractivity contribution in [3.05, 3.63) is 23.8 Å². The molecule has 0 radical (unpaired) electrons. The first-order valence-corrected chi connectivity index (χ1v) is 11.0. The van der Waals surface area contributed by atoms with Crippen LogP contribution in [0.1, 0.15) is 46.1 Å². The van der Waals surface area contributed by atoms with E-state index in [0.717, 1.165) is 42.4 Å². The first-order chi connectivity index (χ1) is 14.8. The lowest BCUT2D eigenvalue weighted by Gasteiger charge is -2.32. The quantitative estimate of drug-likeness (QED) is 0.483. The van der Waals surface area contributed by atoms with Crippen molar-refractivity contribution in [2.24, 2.45) is 4.99 Å². The molecule has 1 aromatic rings. The third-order valence-electron chi connectivity index (χ3n) is 5.50. The number of amides is 1. The third kappa shape index (κ3) is 6.94. The number of likely N-dealkylation sites (tertiary alicyclic amines) is 1. The highest BCUT2D eigenvalue weighted by molar-refractivity contribution is 5.80. The zero-order chi connectivity index (χ0) is 22.9. The van der Waals surface area contributed by atoms with Gasteiger partial charge in [0, 0.05) is 31.1 Å². The number of carbonyl (C=O) groups excluding carboxylic acids is 1. The van der Waals surface area contributed by atoms with Crippen LogP contribution in [0.4, 0.5) is 4.79 Å². The predicted molar refractivity (Wildman–Crippen MR) is 123 cm³/mol. The molecule has 0 atom stereocenters. The number of aliphatic imine (C=N–C) groups is 1. The van der Waals surface area contributed by atoms with Gasteiger partial charge in [-0.3, -0.25) is 4.99 Å². The van der Waals surface area contributed by atoms with Crippen LogP contribution in [0.2, 0.25) is 0 Å². The van der Waals surface area contributed by atoms with E-state index < -0.39 is 0 Å². The van der Waals surface area contributed by atoms with Crippen LogP contribution in [-0.2, 0) is 10.2 Å². The van der Waals surface area contributed by atoms with Gasteiger partial charge in [0.15, 0.2) is 17.5 Å². The summed E-state index contributed by atoms with van der Waals surface area (Å²) in [6.07, 6.45) is 1.50. The maximum absolute atomic E-state index is 11.9. The van der Waals surface area contributed by atoms with E-state index in [1.165, 1.54) is 0 Å². The van der Waals surface area contributed by atoms with Gasteiger partial charge in [0.25, 0.3) is 0 Å². The molecule has 0 aliphatic carbocycles. The Labute approximate surface area is 186 Å². The van der Waals surface area contributed by atoms with Crippen LogP contribution in [0.3, 0.4) is 0 Å². The molecule has 0 spiro atoms. The van der Waals surface area contributed by atoms with Gasteiger partial charge in [-0.05, 0) is 44.4 Å². The van der Waals surface area contributed by atoms with E-state index >= 15 is 0 Å². The fraction of sp³-hybridized carbons (Fsp3) is 0.652. The van der Waals surface area contributed by atoms with E-state index in [1.807, 2.05) is 19.1 Å². The number of nitrogens with one attached hydrogen (secondary N) is 2. The third-order valence-corrected chi connectivity index (χ3v) is 5.50. The summed E-state index contributed by atoms with van der Waals surface area (Å²) in [6.45, 7) is 11.4. The standard InChI is InChI=1S/C23H38N4O4/c1-7-24-21(26-18-11-13-27(14-12-18)22(28)31-8-2)25-16-23(3,4)17-9-10-19(29-5)20(15-17)30-6/h9-10,15,18H,7-8,11-14,16H2,1-6H3,(H2,24,25,26). The van der Waals surface area contributed by atoms with E-state index in [2.05, 4.69) is 37.5 Å². The lowest BCUT2D eigenvalue weighted by atomic mass is 9.84. The van der Waals surface area contributed by atoms with Gasteiger partial charge in [-0.15, -0.1) is 0 Å². The van der Waals surface area contributed by atoms with Gasteiger partial charge < -0.3 is 29.7 Å². The number of benzene rings is 1. The highest BCUT2D eigenvalue weighted by atomic mass is 16.6. The molecule has 1 heterocycles. The summed E-state index contributed by atoms with van der Waals surface area (Å²) in [6, 6.07) is 6.27. The maximum Gasteiger partial charge on any atom is 0.409 e. The minimum Gasteiger partial charge on any atom is -0.493 e.